The van der Waals surface area contributed by atoms with Gasteiger partial charge in [-0.25, -0.2) is 0 Å². The van der Waals surface area contributed by atoms with Gasteiger partial charge in [-0.05, 0) is 30.4 Å². The molecule has 0 aliphatic carbocycles. The lowest BCUT2D eigenvalue weighted by Gasteiger charge is -2.28. The second-order valence-electron chi connectivity index (χ2n) is 6.15. The molecule has 3 nitrogen and oxygen atoms in total. The maximum atomic E-state index is 6.01. The number of hydrogen-bond acceptors (Lipinski definition) is 3. The van der Waals surface area contributed by atoms with Crippen molar-refractivity contribution >= 4 is 5.69 Å². The van der Waals surface area contributed by atoms with Crippen molar-refractivity contribution in [3.8, 4) is 0 Å². The molecule has 0 bridgehead atoms. The van der Waals surface area contributed by atoms with E-state index in [1.54, 1.807) is 0 Å². The van der Waals surface area contributed by atoms with Crippen molar-refractivity contribution in [3.63, 3.8) is 0 Å². The van der Waals surface area contributed by atoms with Gasteiger partial charge >= 0.3 is 0 Å². The number of nitrogens with two attached hydrogens (primary N) is 1. The molecule has 0 aliphatic heterocycles. The molecule has 1 aromatic heterocycles. The molecule has 1 heterocycles. The van der Waals surface area contributed by atoms with Crippen LogP contribution in [0.5, 0.6) is 0 Å². The summed E-state index contributed by atoms with van der Waals surface area (Å²) in [6, 6.07) is 4.28. The minimum absolute atomic E-state index is 0.0534. The first-order valence-electron chi connectivity index (χ1n) is 7.40. The summed E-state index contributed by atoms with van der Waals surface area (Å²) in [6.07, 6.45) is 2.89. The predicted octanol–water partition coefficient (Wildman–Crippen LogP) is 3.61. The zero-order valence-corrected chi connectivity index (χ0v) is 13.1. The number of pyridine rings is 1. The monoisotopic (exact) mass is 263 g/mol. The SMILES string of the molecule is CC[C@H](N)c1ccc(N(CC(C)C)CC(C)C)cn1. The molecule has 0 spiro atoms. The summed E-state index contributed by atoms with van der Waals surface area (Å²) >= 11 is 0. The fourth-order valence-electron chi connectivity index (χ4n) is 2.18. The Kier molecular flexibility index (Phi) is 6.29. The van der Waals surface area contributed by atoms with Crippen LogP contribution in [0, 0.1) is 11.8 Å². The van der Waals surface area contributed by atoms with Gasteiger partial charge in [0, 0.05) is 19.1 Å². The van der Waals surface area contributed by atoms with Gasteiger partial charge in [0.2, 0.25) is 0 Å². The van der Waals surface area contributed by atoms with Crippen LogP contribution in [0.25, 0.3) is 0 Å². The molecule has 0 fully saturated rings. The van der Waals surface area contributed by atoms with E-state index < -0.39 is 0 Å². The summed E-state index contributed by atoms with van der Waals surface area (Å²) in [6.45, 7) is 13.2. The van der Waals surface area contributed by atoms with Gasteiger partial charge in [0.15, 0.2) is 0 Å². The zero-order chi connectivity index (χ0) is 14.4. The first-order valence-corrected chi connectivity index (χ1v) is 7.40. The third kappa shape index (κ3) is 5.19. The Labute approximate surface area is 118 Å². The molecule has 1 rings (SSSR count). The molecule has 19 heavy (non-hydrogen) atoms. The molecule has 0 aliphatic rings. The largest absolute Gasteiger partial charge is 0.370 e. The second kappa shape index (κ2) is 7.49. The van der Waals surface area contributed by atoms with Crippen LogP contribution in [0.3, 0.4) is 0 Å². The quantitative estimate of drug-likeness (QED) is 0.817. The summed E-state index contributed by atoms with van der Waals surface area (Å²) in [4.78, 5) is 6.94. The molecular formula is C16H29N3. The van der Waals surface area contributed by atoms with E-state index in [1.165, 1.54) is 5.69 Å². The van der Waals surface area contributed by atoms with Crippen LogP contribution in [0.2, 0.25) is 0 Å². The molecule has 0 radical (unpaired) electrons. The van der Waals surface area contributed by atoms with Gasteiger partial charge in [-0.1, -0.05) is 34.6 Å². The number of anilines is 1. The lowest BCUT2D eigenvalue weighted by atomic mass is 10.1. The fraction of sp³-hybridized carbons (Fsp3) is 0.688. The van der Waals surface area contributed by atoms with E-state index in [-0.39, 0.29) is 6.04 Å². The van der Waals surface area contributed by atoms with Crippen molar-refractivity contribution in [1.29, 1.82) is 0 Å². The molecule has 1 aromatic rings. The summed E-state index contributed by atoms with van der Waals surface area (Å²) < 4.78 is 0. The van der Waals surface area contributed by atoms with Crippen molar-refractivity contribution in [2.75, 3.05) is 18.0 Å². The predicted molar refractivity (Wildman–Crippen MR) is 83.3 cm³/mol. The first-order chi connectivity index (χ1) is 8.93. The molecule has 0 saturated heterocycles. The average Bonchev–Trinajstić information content (AvgIpc) is 2.36. The highest BCUT2D eigenvalue weighted by Gasteiger charge is 2.12. The van der Waals surface area contributed by atoms with Crippen LogP contribution in [-0.2, 0) is 0 Å². The molecular weight excluding hydrogens is 234 g/mol. The van der Waals surface area contributed by atoms with Gasteiger partial charge in [-0.3, -0.25) is 4.98 Å². The Morgan fingerprint density at radius 1 is 1.11 bits per heavy atom. The van der Waals surface area contributed by atoms with E-state index in [1.807, 2.05) is 6.20 Å². The Bertz CT molecular complexity index is 347. The first kappa shape index (κ1) is 16.0. The van der Waals surface area contributed by atoms with E-state index in [9.17, 15) is 0 Å². The normalized spacial score (nSPS) is 13.1. The smallest absolute Gasteiger partial charge is 0.0572 e. The van der Waals surface area contributed by atoms with Gasteiger partial charge < -0.3 is 10.6 Å². The van der Waals surface area contributed by atoms with Crippen LogP contribution in [0.1, 0.15) is 52.8 Å². The molecule has 1 atom stereocenters. The van der Waals surface area contributed by atoms with Crippen molar-refractivity contribution in [3.05, 3.63) is 24.0 Å². The second-order valence-corrected chi connectivity index (χ2v) is 6.15. The van der Waals surface area contributed by atoms with Crippen LogP contribution in [0.4, 0.5) is 5.69 Å². The highest BCUT2D eigenvalue weighted by molar-refractivity contribution is 5.45. The summed E-state index contributed by atoms with van der Waals surface area (Å²) in [7, 11) is 0. The van der Waals surface area contributed by atoms with Gasteiger partial charge in [0.05, 0.1) is 17.6 Å². The van der Waals surface area contributed by atoms with E-state index in [2.05, 4.69) is 56.6 Å². The lowest BCUT2D eigenvalue weighted by molar-refractivity contribution is 0.552. The molecule has 3 heteroatoms. The summed E-state index contributed by atoms with van der Waals surface area (Å²) in [5, 5.41) is 0. The standard InChI is InChI=1S/C16H29N3/c1-6-15(17)16-8-7-14(9-18-16)19(10-12(2)3)11-13(4)5/h7-9,12-13,15H,6,10-11,17H2,1-5H3/t15-/m0/s1. The third-order valence-electron chi connectivity index (χ3n) is 3.13. The van der Waals surface area contributed by atoms with Crippen LogP contribution >= 0.6 is 0 Å². The maximum Gasteiger partial charge on any atom is 0.0572 e. The topological polar surface area (TPSA) is 42.1 Å². The molecule has 0 saturated carbocycles. The van der Waals surface area contributed by atoms with Crippen molar-refractivity contribution < 1.29 is 0 Å². The van der Waals surface area contributed by atoms with Crippen LogP contribution in [-0.4, -0.2) is 18.1 Å². The minimum atomic E-state index is 0.0534. The van der Waals surface area contributed by atoms with E-state index in [0.717, 1.165) is 25.2 Å². The molecule has 2 N–H and O–H groups in total. The minimum Gasteiger partial charge on any atom is -0.370 e. The van der Waals surface area contributed by atoms with Crippen molar-refractivity contribution in [2.24, 2.45) is 17.6 Å². The van der Waals surface area contributed by atoms with Gasteiger partial charge in [-0.2, -0.15) is 0 Å². The van der Waals surface area contributed by atoms with E-state index in [4.69, 9.17) is 5.73 Å². The molecule has 0 aromatic carbocycles. The van der Waals surface area contributed by atoms with Gasteiger partial charge in [0.1, 0.15) is 0 Å². The fourth-order valence-corrected chi connectivity index (χ4v) is 2.18. The van der Waals surface area contributed by atoms with Crippen molar-refractivity contribution in [1.82, 2.24) is 4.98 Å². The number of aromatic nitrogens is 1. The highest BCUT2D eigenvalue weighted by Crippen LogP contribution is 2.19. The van der Waals surface area contributed by atoms with E-state index >= 15 is 0 Å². The third-order valence-corrected chi connectivity index (χ3v) is 3.13. The molecule has 0 unspecified atom stereocenters. The molecule has 108 valence electrons. The Morgan fingerprint density at radius 3 is 2.05 bits per heavy atom. The number of hydrogen-bond donors (Lipinski definition) is 1. The van der Waals surface area contributed by atoms with Crippen molar-refractivity contribution in [2.45, 2.75) is 47.1 Å². The zero-order valence-electron chi connectivity index (χ0n) is 13.1. The number of nitrogens with zero attached hydrogens (tertiary/aromatic N) is 2. The maximum absolute atomic E-state index is 6.01. The lowest BCUT2D eigenvalue weighted by Crippen LogP contribution is -2.31. The van der Waals surface area contributed by atoms with Crippen LogP contribution < -0.4 is 10.6 Å². The van der Waals surface area contributed by atoms with Gasteiger partial charge in [0.25, 0.3) is 0 Å². The Morgan fingerprint density at radius 2 is 1.68 bits per heavy atom. The van der Waals surface area contributed by atoms with Crippen LogP contribution in [0.15, 0.2) is 18.3 Å². The van der Waals surface area contributed by atoms with E-state index in [0.29, 0.717) is 11.8 Å². The Balaban J connectivity index is 2.84. The summed E-state index contributed by atoms with van der Waals surface area (Å²) in [5.74, 6) is 1.30. The highest BCUT2D eigenvalue weighted by atomic mass is 15.1. The summed E-state index contributed by atoms with van der Waals surface area (Å²) in [5.41, 5.74) is 8.20. The molecule has 0 amide bonds. The average molecular weight is 263 g/mol. The van der Waals surface area contributed by atoms with Gasteiger partial charge in [-0.15, -0.1) is 0 Å². The Hall–Kier alpha value is -1.09. The number of rotatable bonds is 7.